The Morgan fingerprint density at radius 2 is 2.00 bits per heavy atom. The molecule has 0 aliphatic heterocycles. The van der Waals surface area contributed by atoms with Gasteiger partial charge in [0.1, 0.15) is 6.10 Å². The molecule has 6 nitrogen and oxygen atoms in total. The first-order valence-electron chi connectivity index (χ1n) is 3.30. The highest BCUT2D eigenvalue weighted by atomic mass is 32.2. The summed E-state index contributed by atoms with van der Waals surface area (Å²) in [4.78, 5) is 0. The molecule has 7 heteroatoms. The summed E-state index contributed by atoms with van der Waals surface area (Å²) in [6.45, 7) is 0.730. The van der Waals surface area contributed by atoms with Gasteiger partial charge in [-0.1, -0.05) is 0 Å². The van der Waals surface area contributed by atoms with Gasteiger partial charge in [0.15, 0.2) is 0 Å². The molecule has 3 N–H and O–H groups in total. The van der Waals surface area contributed by atoms with Gasteiger partial charge in [-0.05, 0) is 6.92 Å². The Kier molecular flexibility index (Phi) is 4.64. The molecule has 0 aliphatic carbocycles. The van der Waals surface area contributed by atoms with Gasteiger partial charge in [0, 0.05) is 6.61 Å². The van der Waals surface area contributed by atoms with E-state index in [1.54, 1.807) is 0 Å². The summed E-state index contributed by atoms with van der Waals surface area (Å²) >= 11 is 0. The van der Waals surface area contributed by atoms with Crippen molar-refractivity contribution in [3.63, 3.8) is 0 Å². The first kappa shape index (κ1) is 11.8. The van der Waals surface area contributed by atoms with Crippen molar-refractivity contribution in [2.24, 2.45) is 0 Å². The summed E-state index contributed by atoms with van der Waals surface area (Å²) < 4.78 is 34.0. The van der Waals surface area contributed by atoms with Crippen LogP contribution in [0.1, 0.15) is 6.92 Å². The fraction of sp³-hybridized carbons (Fsp3) is 1.00. The number of ether oxygens (including phenoxy) is 1. The minimum atomic E-state index is -4.47. The van der Waals surface area contributed by atoms with Crippen LogP contribution in [0.2, 0.25) is 0 Å². The van der Waals surface area contributed by atoms with Gasteiger partial charge in [-0.25, -0.2) is 0 Å². The molecule has 0 radical (unpaired) electrons. The fourth-order valence-electron chi connectivity index (χ4n) is 0.646. The molecule has 2 unspecified atom stereocenters. The average Bonchev–Trinajstić information content (AvgIpc) is 1.96. The lowest BCUT2D eigenvalue weighted by molar-refractivity contribution is -0.0168. The van der Waals surface area contributed by atoms with Gasteiger partial charge >= 0.3 is 0 Å². The molecule has 0 rings (SSSR count). The van der Waals surface area contributed by atoms with Crippen LogP contribution in [0, 0.1) is 0 Å². The Morgan fingerprint density at radius 3 is 2.25 bits per heavy atom. The predicted octanol–water partition coefficient (Wildman–Crippen LogP) is -1.41. The first-order chi connectivity index (χ1) is 5.43. The van der Waals surface area contributed by atoms with Gasteiger partial charge in [0.25, 0.3) is 10.1 Å². The highest BCUT2D eigenvalue weighted by Crippen LogP contribution is 2.06. The molecule has 0 saturated carbocycles. The molecule has 0 aliphatic rings. The summed E-state index contributed by atoms with van der Waals surface area (Å²) in [5, 5.41) is 17.3. The van der Waals surface area contributed by atoms with Gasteiger partial charge in [0.2, 0.25) is 5.44 Å². The van der Waals surface area contributed by atoms with Crippen LogP contribution in [0.5, 0.6) is 0 Å². The van der Waals surface area contributed by atoms with Gasteiger partial charge < -0.3 is 14.9 Å². The van der Waals surface area contributed by atoms with Crippen molar-refractivity contribution in [3.05, 3.63) is 0 Å². The van der Waals surface area contributed by atoms with Crippen molar-refractivity contribution in [2.75, 3.05) is 13.2 Å². The largest absolute Gasteiger partial charge is 0.394 e. The van der Waals surface area contributed by atoms with Crippen LogP contribution in [0.15, 0.2) is 0 Å². The van der Waals surface area contributed by atoms with Crippen LogP contribution in [-0.4, -0.2) is 47.9 Å². The summed E-state index contributed by atoms with van der Waals surface area (Å²) in [5.41, 5.74) is -1.77. The lowest BCUT2D eigenvalue weighted by Crippen LogP contribution is -2.38. The predicted molar refractivity (Wildman–Crippen MR) is 40.1 cm³/mol. The van der Waals surface area contributed by atoms with Crippen LogP contribution in [0.3, 0.4) is 0 Å². The second kappa shape index (κ2) is 4.73. The maximum atomic E-state index is 10.5. The van der Waals surface area contributed by atoms with Gasteiger partial charge in [-0.3, -0.25) is 4.55 Å². The molecule has 0 aromatic heterocycles. The lowest BCUT2D eigenvalue weighted by atomic mass is 10.4. The van der Waals surface area contributed by atoms with Gasteiger partial charge in [-0.15, -0.1) is 0 Å². The van der Waals surface area contributed by atoms with E-state index >= 15 is 0 Å². The molecule has 0 fully saturated rings. The average molecular weight is 200 g/mol. The number of hydrogen-bond acceptors (Lipinski definition) is 5. The van der Waals surface area contributed by atoms with Crippen molar-refractivity contribution in [3.8, 4) is 0 Å². The molecule has 0 aromatic rings. The van der Waals surface area contributed by atoms with E-state index in [2.05, 4.69) is 4.74 Å². The second-order valence-electron chi connectivity index (χ2n) is 2.09. The minimum absolute atomic E-state index is 0.0154. The van der Waals surface area contributed by atoms with Crippen LogP contribution >= 0.6 is 0 Å². The van der Waals surface area contributed by atoms with Crippen molar-refractivity contribution in [2.45, 2.75) is 18.5 Å². The minimum Gasteiger partial charge on any atom is -0.394 e. The number of aliphatic hydroxyl groups is 2. The van der Waals surface area contributed by atoms with E-state index in [0.717, 1.165) is 0 Å². The van der Waals surface area contributed by atoms with E-state index < -0.39 is 28.3 Å². The summed E-state index contributed by atoms with van der Waals surface area (Å²) in [6.07, 6.45) is -1.63. The zero-order valence-electron chi connectivity index (χ0n) is 6.54. The summed E-state index contributed by atoms with van der Waals surface area (Å²) in [5.74, 6) is 0. The molecule has 12 heavy (non-hydrogen) atoms. The van der Waals surface area contributed by atoms with Crippen molar-refractivity contribution in [1.29, 1.82) is 0 Å². The van der Waals surface area contributed by atoms with Crippen molar-refractivity contribution in [1.82, 2.24) is 0 Å². The smallest absolute Gasteiger partial charge is 0.295 e. The molecule has 0 saturated heterocycles. The number of aliphatic hydroxyl groups excluding tert-OH is 2. The molecule has 0 aromatic carbocycles. The van der Waals surface area contributed by atoms with Gasteiger partial charge in [-0.2, -0.15) is 8.42 Å². The van der Waals surface area contributed by atoms with E-state index in [9.17, 15) is 8.42 Å². The van der Waals surface area contributed by atoms with E-state index in [0.29, 0.717) is 0 Å². The van der Waals surface area contributed by atoms with E-state index in [4.69, 9.17) is 14.8 Å². The Morgan fingerprint density at radius 1 is 1.50 bits per heavy atom. The van der Waals surface area contributed by atoms with Crippen LogP contribution in [-0.2, 0) is 14.9 Å². The third kappa shape index (κ3) is 3.46. The third-order valence-corrected chi connectivity index (χ3v) is 2.16. The zero-order valence-corrected chi connectivity index (χ0v) is 7.36. The Balaban J connectivity index is 4.44. The third-order valence-electron chi connectivity index (χ3n) is 1.13. The molecule has 0 bridgehead atoms. The second-order valence-corrected chi connectivity index (χ2v) is 3.58. The standard InChI is InChI=1S/C5H12O6S/c1-2-11-5(4(7)3-6)12(8,9)10/h4-7H,2-3H2,1H3,(H,8,9,10). The normalized spacial score (nSPS) is 17.3. The van der Waals surface area contributed by atoms with Crippen LogP contribution in [0.25, 0.3) is 0 Å². The molecular weight excluding hydrogens is 188 g/mol. The maximum absolute atomic E-state index is 10.5. The van der Waals surface area contributed by atoms with Crippen LogP contribution in [0.4, 0.5) is 0 Å². The molecule has 0 amide bonds. The quantitative estimate of drug-likeness (QED) is 0.471. The zero-order chi connectivity index (χ0) is 9.78. The molecule has 0 heterocycles. The topological polar surface area (TPSA) is 104 Å². The monoisotopic (exact) mass is 200 g/mol. The summed E-state index contributed by atoms with van der Waals surface area (Å²) in [7, 11) is -4.47. The first-order valence-corrected chi connectivity index (χ1v) is 4.80. The number of hydrogen-bond donors (Lipinski definition) is 3. The van der Waals surface area contributed by atoms with E-state index in [1.807, 2.05) is 0 Å². The summed E-state index contributed by atoms with van der Waals surface area (Å²) in [6, 6.07) is 0. The lowest BCUT2D eigenvalue weighted by Gasteiger charge is -2.17. The Labute approximate surface area is 70.5 Å². The highest BCUT2D eigenvalue weighted by molar-refractivity contribution is 7.86. The van der Waals surface area contributed by atoms with Crippen molar-refractivity contribution < 1.29 is 27.9 Å². The molecule has 0 spiro atoms. The molecular formula is C5H12O6S. The molecule has 74 valence electrons. The van der Waals surface area contributed by atoms with Gasteiger partial charge in [0.05, 0.1) is 6.61 Å². The van der Waals surface area contributed by atoms with E-state index in [1.165, 1.54) is 6.92 Å². The van der Waals surface area contributed by atoms with Crippen LogP contribution < -0.4 is 0 Å². The van der Waals surface area contributed by atoms with E-state index in [-0.39, 0.29) is 6.61 Å². The maximum Gasteiger partial charge on any atom is 0.295 e. The Bertz CT molecular complexity index is 210. The molecule has 2 atom stereocenters. The Hall–Kier alpha value is -0.210. The fourth-order valence-corrected chi connectivity index (χ4v) is 1.44. The SMILES string of the molecule is CCOC(C(O)CO)S(=O)(=O)O. The number of rotatable bonds is 5. The van der Waals surface area contributed by atoms with Crippen molar-refractivity contribution >= 4 is 10.1 Å². The highest BCUT2D eigenvalue weighted by Gasteiger charge is 2.30.